The monoisotopic (exact) mass is 408 g/mol. The van der Waals surface area contributed by atoms with Gasteiger partial charge < -0.3 is 9.84 Å². The smallest absolute Gasteiger partial charge is 0.394 e. The third-order valence-electron chi connectivity index (χ3n) is 2.72. The molecule has 0 fully saturated rings. The Morgan fingerprint density at radius 3 is 1.52 bits per heavy atom. The standard InChI is InChI=1S/C10H9F13O2/c11-3(4(12)6(14)15)5(13)7(16,17)8(18,19)9(20,21)10(22,23)25-2-1-24/h3-6,24H,1-2H2. The van der Waals surface area contributed by atoms with Crippen LogP contribution in [0.3, 0.4) is 0 Å². The van der Waals surface area contributed by atoms with Crippen molar-refractivity contribution in [3.8, 4) is 0 Å². The van der Waals surface area contributed by atoms with E-state index < -0.39 is 62.0 Å². The first-order valence-corrected chi connectivity index (χ1v) is 5.95. The Bertz CT molecular complexity index is 427. The largest absolute Gasteiger partial charge is 0.426 e. The van der Waals surface area contributed by atoms with Gasteiger partial charge in [-0.05, 0) is 0 Å². The van der Waals surface area contributed by atoms with E-state index in [-0.39, 0.29) is 0 Å². The number of aliphatic hydroxyl groups excluding tert-OH is 1. The van der Waals surface area contributed by atoms with Gasteiger partial charge in [0.1, 0.15) is 0 Å². The average Bonchev–Trinajstić information content (AvgIpc) is 2.49. The first kappa shape index (κ1) is 24.0. The summed E-state index contributed by atoms with van der Waals surface area (Å²) in [5.74, 6) is -21.6. The van der Waals surface area contributed by atoms with Crippen LogP contribution in [0.4, 0.5) is 57.1 Å². The van der Waals surface area contributed by atoms with Crippen LogP contribution in [-0.2, 0) is 4.74 Å². The van der Waals surface area contributed by atoms with Crippen LogP contribution in [0, 0.1) is 0 Å². The zero-order valence-electron chi connectivity index (χ0n) is 11.5. The SMILES string of the molecule is OCCOC(F)(F)C(F)(F)C(F)(F)C(F)(F)C(F)C(F)C(F)C(F)F. The molecule has 0 saturated carbocycles. The molecular formula is C10H9F13O2. The van der Waals surface area contributed by atoms with Crippen LogP contribution in [0.2, 0.25) is 0 Å². The van der Waals surface area contributed by atoms with E-state index in [1.54, 1.807) is 0 Å². The molecule has 1 N–H and O–H groups in total. The highest BCUT2D eigenvalue weighted by Gasteiger charge is 2.84. The lowest BCUT2D eigenvalue weighted by atomic mass is 9.95. The molecule has 0 rings (SSSR count). The summed E-state index contributed by atoms with van der Waals surface area (Å²) in [7, 11) is 0. The molecule has 0 aromatic rings. The molecule has 152 valence electrons. The second-order valence-electron chi connectivity index (χ2n) is 4.49. The third kappa shape index (κ3) is 4.23. The minimum absolute atomic E-state index is 1.44. The van der Waals surface area contributed by atoms with Crippen LogP contribution in [0.1, 0.15) is 0 Å². The summed E-state index contributed by atoms with van der Waals surface area (Å²) in [6, 6.07) is 0. The van der Waals surface area contributed by atoms with Gasteiger partial charge in [0.25, 0.3) is 6.43 Å². The molecule has 0 bridgehead atoms. The Labute approximate surface area is 130 Å². The fourth-order valence-corrected chi connectivity index (χ4v) is 1.33. The van der Waals surface area contributed by atoms with E-state index in [0.29, 0.717) is 0 Å². The number of halogens is 13. The van der Waals surface area contributed by atoms with Gasteiger partial charge in [-0.1, -0.05) is 0 Å². The minimum Gasteiger partial charge on any atom is -0.394 e. The zero-order valence-corrected chi connectivity index (χ0v) is 11.5. The number of hydrogen-bond acceptors (Lipinski definition) is 2. The quantitative estimate of drug-likeness (QED) is 0.558. The molecule has 25 heavy (non-hydrogen) atoms. The van der Waals surface area contributed by atoms with E-state index in [1.807, 2.05) is 0 Å². The highest BCUT2D eigenvalue weighted by Crippen LogP contribution is 2.55. The van der Waals surface area contributed by atoms with E-state index in [0.717, 1.165) is 0 Å². The second-order valence-corrected chi connectivity index (χ2v) is 4.49. The fourth-order valence-electron chi connectivity index (χ4n) is 1.33. The third-order valence-corrected chi connectivity index (χ3v) is 2.72. The summed E-state index contributed by atoms with van der Waals surface area (Å²) in [5, 5.41) is 8.07. The minimum atomic E-state index is -7.40. The summed E-state index contributed by atoms with van der Waals surface area (Å²) in [6.45, 7) is -3.18. The lowest BCUT2D eigenvalue weighted by molar-refractivity contribution is -0.433. The number of hydrogen-bond donors (Lipinski definition) is 1. The van der Waals surface area contributed by atoms with E-state index in [2.05, 4.69) is 4.74 Å². The highest BCUT2D eigenvalue weighted by molar-refractivity contribution is 5.06. The normalized spacial score (nSPS) is 18.4. The molecule has 3 atom stereocenters. The van der Waals surface area contributed by atoms with Crippen LogP contribution >= 0.6 is 0 Å². The molecule has 0 aliphatic rings. The molecule has 0 spiro atoms. The molecule has 15 heteroatoms. The van der Waals surface area contributed by atoms with Crippen molar-refractivity contribution in [3.63, 3.8) is 0 Å². The maximum Gasteiger partial charge on any atom is 0.426 e. The molecule has 0 amide bonds. The Morgan fingerprint density at radius 2 is 1.16 bits per heavy atom. The van der Waals surface area contributed by atoms with Crippen molar-refractivity contribution in [1.82, 2.24) is 0 Å². The van der Waals surface area contributed by atoms with Crippen molar-refractivity contribution >= 4 is 0 Å². The lowest BCUT2D eigenvalue weighted by Gasteiger charge is -2.38. The fraction of sp³-hybridized carbons (Fsp3) is 1.00. The van der Waals surface area contributed by atoms with E-state index in [9.17, 15) is 57.1 Å². The van der Waals surface area contributed by atoms with Crippen molar-refractivity contribution < 1.29 is 66.9 Å². The Balaban J connectivity index is 5.78. The molecule has 0 heterocycles. The number of rotatable bonds is 10. The molecule has 0 aromatic carbocycles. The van der Waals surface area contributed by atoms with Crippen molar-refractivity contribution in [2.24, 2.45) is 0 Å². The van der Waals surface area contributed by atoms with E-state index in [1.165, 1.54) is 0 Å². The average molecular weight is 408 g/mol. The van der Waals surface area contributed by atoms with Gasteiger partial charge in [0.05, 0.1) is 13.2 Å². The zero-order chi connectivity index (χ0) is 20.4. The highest BCUT2D eigenvalue weighted by atomic mass is 19.4. The van der Waals surface area contributed by atoms with Gasteiger partial charge >= 0.3 is 23.9 Å². The van der Waals surface area contributed by atoms with Gasteiger partial charge in [-0.2, -0.15) is 35.1 Å². The summed E-state index contributed by atoms with van der Waals surface area (Å²) in [4.78, 5) is 0. The molecular weight excluding hydrogens is 399 g/mol. The maximum atomic E-state index is 13.1. The molecule has 0 aliphatic heterocycles. The van der Waals surface area contributed by atoms with Crippen molar-refractivity contribution in [1.29, 1.82) is 0 Å². The van der Waals surface area contributed by atoms with Gasteiger partial charge in [0.2, 0.25) is 6.17 Å². The van der Waals surface area contributed by atoms with E-state index in [4.69, 9.17) is 5.11 Å². The molecule has 0 aliphatic carbocycles. The predicted molar refractivity (Wildman–Crippen MR) is 53.5 cm³/mol. The summed E-state index contributed by atoms with van der Waals surface area (Å²) in [5.41, 5.74) is 0. The number of ether oxygens (including phenoxy) is 1. The molecule has 0 radical (unpaired) electrons. The van der Waals surface area contributed by atoms with Crippen LogP contribution in [-0.4, -0.2) is 67.1 Å². The van der Waals surface area contributed by atoms with E-state index >= 15 is 0 Å². The van der Waals surface area contributed by atoms with Crippen molar-refractivity contribution in [2.45, 2.75) is 48.8 Å². The first-order valence-electron chi connectivity index (χ1n) is 5.95. The van der Waals surface area contributed by atoms with Crippen molar-refractivity contribution in [2.75, 3.05) is 13.2 Å². The van der Waals surface area contributed by atoms with Gasteiger partial charge in [0, 0.05) is 0 Å². The molecule has 0 saturated heterocycles. The van der Waals surface area contributed by atoms with Gasteiger partial charge in [0.15, 0.2) is 12.3 Å². The Kier molecular flexibility index (Phi) is 7.41. The summed E-state index contributed by atoms with van der Waals surface area (Å²) >= 11 is 0. The van der Waals surface area contributed by atoms with Crippen LogP contribution in [0.25, 0.3) is 0 Å². The second kappa shape index (κ2) is 7.72. The number of alkyl halides is 13. The predicted octanol–water partition coefficient (Wildman–Crippen LogP) is 3.77. The topological polar surface area (TPSA) is 29.5 Å². The van der Waals surface area contributed by atoms with Gasteiger partial charge in [-0.15, -0.1) is 0 Å². The number of aliphatic hydroxyl groups is 1. The van der Waals surface area contributed by atoms with Crippen LogP contribution in [0.5, 0.6) is 0 Å². The summed E-state index contributed by atoms with van der Waals surface area (Å²) < 4.78 is 169. The molecule has 3 unspecified atom stereocenters. The Morgan fingerprint density at radius 1 is 0.720 bits per heavy atom. The maximum absolute atomic E-state index is 13.1. The van der Waals surface area contributed by atoms with Crippen LogP contribution < -0.4 is 0 Å². The molecule has 2 nitrogen and oxygen atoms in total. The van der Waals surface area contributed by atoms with Gasteiger partial charge in [-0.3, -0.25) is 0 Å². The molecule has 0 aromatic heterocycles. The van der Waals surface area contributed by atoms with Crippen LogP contribution in [0.15, 0.2) is 0 Å². The first-order chi connectivity index (χ1) is 11.0. The van der Waals surface area contributed by atoms with Gasteiger partial charge in [-0.25, -0.2) is 22.0 Å². The Hall–Kier alpha value is -0.990. The summed E-state index contributed by atoms with van der Waals surface area (Å²) in [6.07, 6.45) is -25.4. The lowest BCUT2D eigenvalue weighted by Crippen LogP contribution is -2.67. The van der Waals surface area contributed by atoms with Crippen molar-refractivity contribution in [3.05, 3.63) is 0 Å².